The molecule has 0 spiro atoms. The molecule has 3 heterocycles. The number of amides is 2. The summed E-state index contributed by atoms with van der Waals surface area (Å²) < 4.78 is 43.2. The van der Waals surface area contributed by atoms with Crippen molar-refractivity contribution < 1.29 is 27.8 Å². The molecule has 2 amide bonds. The third-order valence-corrected chi connectivity index (χ3v) is 10.1. The molecule has 2 aromatic rings. The van der Waals surface area contributed by atoms with Crippen LogP contribution in [0.4, 0.5) is 8.78 Å². The maximum atomic E-state index is 16.0. The molecule has 2 aromatic carbocycles. The minimum absolute atomic E-state index is 0.0346. The third-order valence-electron chi connectivity index (χ3n) is 9.62. The summed E-state index contributed by atoms with van der Waals surface area (Å²) in [5, 5.41) is 17.4. The Morgan fingerprint density at radius 3 is 2.45 bits per heavy atom. The number of hydrogen-bond donors (Lipinski definition) is 2. The van der Waals surface area contributed by atoms with Crippen molar-refractivity contribution in [2.75, 3.05) is 45.9 Å². The standard InChI is InChI=1S/C36H45Cl2F2N5O4/c1-34(2,3)18-28-36(21-41,25-10-9-22(37)17-27(25)39)30(24-7-6-8-26(38)31(24)40)32(43-28)33(47)45-15-13-44(14-16-45)19-29(46)42-12-11-23-20-48-35(4,5)49-23/h6-10,17,23,28,30,32,43H,11-16,18-20H2,1-5H3,(H,42,46). The van der Waals surface area contributed by atoms with Gasteiger partial charge in [-0.25, -0.2) is 8.78 Å². The summed E-state index contributed by atoms with van der Waals surface area (Å²) in [5.41, 5.74) is -1.95. The average molecular weight is 721 g/mol. The molecule has 0 saturated carbocycles. The molecule has 3 aliphatic heterocycles. The number of carbonyl (C=O) groups excluding carboxylic acids is 2. The summed E-state index contributed by atoms with van der Waals surface area (Å²) in [4.78, 5) is 30.8. The lowest BCUT2D eigenvalue weighted by Crippen LogP contribution is -2.55. The van der Waals surface area contributed by atoms with Gasteiger partial charge in [0, 0.05) is 55.3 Å². The molecule has 3 saturated heterocycles. The molecule has 0 aromatic heterocycles. The van der Waals surface area contributed by atoms with Crippen molar-refractivity contribution in [2.24, 2.45) is 5.41 Å². The Morgan fingerprint density at radius 1 is 1.12 bits per heavy atom. The Balaban J connectivity index is 1.36. The maximum Gasteiger partial charge on any atom is 0.240 e. The number of benzene rings is 2. The highest BCUT2D eigenvalue weighted by Gasteiger charge is 2.61. The second-order valence-corrected chi connectivity index (χ2v) is 15.7. The van der Waals surface area contributed by atoms with Gasteiger partial charge in [0.25, 0.3) is 0 Å². The first-order chi connectivity index (χ1) is 23.0. The Kier molecular flexibility index (Phi) is 11.3. The Hall–Kier alpha value is -2.85. The first-order valence-corrected chi connectivity index (χ1v) is 17.5. The molecule has 3 aliphatic rings. The van der Waals surface area contributed by atoms with E-state index in [-0.39, 0.29) is 51.1 Å². The second kappa shape index (κ2) is 14.8. The van der Waals surface area contributed by atoms with Crippen LogP contribution in [0.2, 0.25) is 10.0 Å². The van der Waals surface area contributed by atoms with Crippen LogP contribution in [-0.2, 0) is 24.5 Å². The summed E-state index contributed by atoms with van der Waals surface area (Å²) in [6, 6.07) is 9.15. The molecule has 0 bridgehead atoms. The van der Waals surface area contributed by atoms with E-state index >= 15 is 8.78 Å². The van der Waals surface area contributed by atoms with Crippen molar-refractivity contribution in [1.29, 1.82) is 5.26 Å². The molecule has 2 N–H and O–H groups in total. The number of halogens is 4. The van der Waals surface area contributed by atoms with Crippen LogP contribution in [0.25, 0.3) is 0 Å². The molecule has 5 unspecified atom stereocenters. The van der Waals surface area contributed by atoms with Gasteiger partial charge in [-0.05, 0) is 55.9 Å². The van der Waals surface area contributed by atoms with E-state index in [2.05, 4.69) is 16.7 Å². The van der Waals surface area contributed by atoms with Gasteiger partial charge in [0.15, 0.2) is 5.79 Å². The van der Waals surface area contributed by atoms with Crippen LogP contribution in [0.1, 0.15) is 64.5 Å². The maximum absolute atomic E-state index is 16.0. The predicted molar refractivity (Wildman–Crippen MR) is 183 cm³/mol. The van der Waals surface area contributed by atoms with Crippen LogP contribution in [0, 0.1) is 28.4 Å². The Morgan fingerprint density at radius 2 is 1.84 bits per heavy atom. The van der Waals surface area contributed by atoms with Crippen molar-refractivity contribution in [3.05, 3.63) is 69.2 Å². The van der Waals surface area contributed by atoms with Crippen LogP contribution in [0.3, 0.4) is 0 Å². The van der Waals surface area contributed by atoms with E-state index in [4.69, 9.17) is 32.7 Å². The van der Waals surface area contributed by atoms with Crippen molar-refractivity contribution in [2.45, 2.75) is 82.8 Å². The average Bonchev–Trinajstić information content (AvgIpc) is 3.53. The van der Waals surface area contributed by atoms with Gasteiger partial charge in [0.05, 0.1) is 36.4 Å². The fourth-order valence-corrected chi connectivity index (χ4v) is 7.74. The van der Waals surface area contributed by atoms with Gasteiger partial charge in [0.2, 0.25) is 11.8 Å². The highest BCUT2D eigenvalue weighted by atomic mass is 35.5. The molecule has 0 aliphatic carbocycles. The van der Waals surface area contributed by atoms with Gasteiger partial charge in [-0.15, -0.1) is 0 Å². The van der Waals surface area contributed by atoms with Crippen molar-refractivity contribution in [3.63, 3.8) is 0 Å². The van der Waals surface area contributed by atoms with Crippen LogP contribution < -0.4 is 10.6 Å². The van der Waals surface area contributed by atoms with E-state index in [1.165, 1.54) is 24.3 Å². The molecule has 266 valence electrons. The zero-order chi connectivity index (χ0) is 35.7. The van der Waals surface area contributed by atoms with E-state index in [1.807, 2.05) is 39.5 Å². The summed E-state index contributed by atoms with van der Waals surface area (Å²) in [7, 11) is 0. The van der Waals surface area contributed by atoms with Gasteiger partial charge < -0.3 is 25.0 Å². The number of nitrogens with one attached hydrogen (secondary N) is 2. The van der Waals surface area contributed by atoms with Crippen molar-refractivity contribution in [1.82, 2.24) is 20.4 Å². The fraction of sp³-hybridized carbons (Fsp3) is 0.583. The Bertz CT molecular complexity index is 1590. The zero-order valence-corrected chi connectivity index (χ0v) is 30.1. The van der Waals surface area contributed by atoms with Crippen molar-refractivity contribution >= 4 is 35.0 Å². The highest BCUT2D eigenvalue weighted by Crippen LogP contribution is 2.53. The molecule has 5 rings (SSSR count). The van der Waals surface area contributed by atoms with E-state index in [1.54, 1.807) is 11.0 Å². The number of nitrogens with zero attached hydrogens (tertiary/aromatic N) is 3. The number of rotatable bonds is 9. The van der Waals surface area contributed by atoms with E-state index < -0.39 is 40.8 Å². The predicted octanol–water partition coefficient (Wildman–Crippen LogP) is 5.40. The topological polar surface area (TPSA) is 107 Å². The van der Waals surface area contributed by atoms with E-state index in [0.29, 0.717) is 52.2 Å². The van der Waals surface area contributed by atoms with Crippen LogP contribution in [0.15, 0.2) is 36.4 Å². The smallest absolute Gasteiger partial charge is 0.240 e. The van der Waals surface area contributed by atoms with Gasteiger partial charge in [-0.2, -0.15) is 5.26 Å². The second-order valence-electron chi connectivity index (χ2n) is 14.9. The molecule has 49 heavy (non-hydrogen) atoms. The van der Waals surface area contributed by atoms with Gasteiger partial charge in [-0.1, -0.05) is 62.2 Å². The molecular weight excluding hydrogens is 675 g/mol. The third kappa shape index (κ3) is 8.22. The van der Waals surface area contributed by atoms with Crippen LogP contribution >= 0.6 is 23.2 Å². The van der Waals surface area contributed by atoms with Crippen LogP contribution in [0.5, 0.6) is 0 Å². The largest absolute Gasteiger partial charge is 0.355 e. The van der Waals surface area contributed by atoms with E-state index in [9.17, 15) is 14.9 Å². The summed E-state index contributed by atoms with van der Waals surface area (Å²) in [6.45, 7) is 12.3. The fourth-order valence-electron chi connectivity index (χ4n) is 7.40. The normalized spacial score (nSPS) is 27.2. The quantitative estimate of drug-likeness (QED) is 0.358. The van der Waals surface area contributed by atoms with Gasteiger partial charge in [0.1, 0.15) is 17.0 Å². The SMILES string of the molecule is CC(C)(C)CC1NC(C(=O)N2CCN(CC(=O)NCCC3COC(C)(C)O3)CC2)C(c2cccc(Cl)c2F)C1(C#N)c1ccc(Cl)cc1F. The lowest BCUT2D eigenvalue weighted by atomic mass is 9.62. The Labute approximate surface area is 297 Å². The summed E-state index contributed by atoms with van der Waals surface area (Å²) in [5.74, 6) is -3.67. The number of ether oxygens (including phenoxy) is 2. The minimum atomic E-state index is -1.70. The van der Waals surface area contributed by atoms with Crippen LogP contribution in [-0.4, -0.2) is 91.5 Å². The summed E-state index contributed by atoms with van der Waals surface area (Å²) >= 11 is 12.4. The molecule has 5 atom stereocenters. The van der Waals surface area contributed by atoms with E-state index in [0.717, 1.165) is 6.07 Å². The molecular formula is C36H45Cl2F2N5O4. The first kappa shape index (κ1) is 37.4. The first-order valence-electron chi connectivity index (χ1n) is 16.7. The molecule has 13 heteroatoms. The molecule has 0 radical (unpaired) electrons. The van der Waals surface area contributed by atoms with Crippen molar-refractivity contribution in [3.8, 4) is 6.07 Å². The van der Waals surface area contributed by atoms with Gasteiger partial charge in [-0.3, -0.25) is 14.5 Å². The number of piperazine rings is 1. The number of nitriles is 1. The summed E-state index contributed by atoms with van der Waals surface area (Å²) in [6.07, 6.45) is 0.948. The monoisotopic (exact) mass is 719 g/mol. The number of carbonyl (C=O) groups is 2. The molecule has 9 nitrogen and oxygen atoms in total. The lowest BCUT2D eigenvalue weighted by molar-refractivity contribution is -0.138. The highest BCUT2D eigenvalue weighted by molar-refractivity contribution is 6.31. The van der Waals surface area contributed by atoms with Gasteiger partial charge >= 0.3 is 0 Å². The molecule has 3 fully saturated rings. The number of hydrogen-bond acceptors (Lipinski definition) is 7. The zero-order valence-electron chi connectivity index (χ0n) is 28.6. The minimum Gasteiger partial charge on any atom is -0.355 e. The lowest BCUT2D eigenvalue weighted by Gasteiger charge is -2.38.